The van der Waals surface area contributed by atoms with E-state index in [-0.39, 0.29) is 31.3 Å². The largest absolute Gasteiger partial charge is 1.00 e. The quantitative estimate of drug-likeness (QED) is 0.573. The summed E-state index contributed by atoms with van der Waals surface area (Å²) in [7, 11) is 1.32. The van der Waals surface area contributed by atoms with Crippen molar-refractivity contribution < 1.29 is 28.4 Å². The molecule has 1 aromatic rings. The van der Waals surface area contributed by atoms with Gasteiger partial charge in [-0.05, 0) is 30.2 Å². The van der Waals surface area contributed by atoms with Gasteiger partial charge in [0.25, 0.3) is 0 Å². The van der Waals surface area contributed by atoms with Crippen LogP contribution in [-0.4, -0.2) is 25.2 Å². The standard InChI is InChI=1S/C12H12BrNO2.C6H14N.Li/c1-8-5-10(13)3-4-11(8)9(7-14)6-12(15)16-2;1-5(2)7-6(3)4;/h3-5,9H,6H2,1-2H3;5-6H,1-4H3;/q;-1;+1. The van der Waals surface area contributed by atoms with Gasteiger partial charge in [0.15, 0.2) is 0 Å². The van der Waals surface area contributed by atoms with Crippen molar-refractivity contribution in [2.45, 2.75) is 59.0 Å². The summed E-state index contributed by atoms with van der Waals surface area (Å²) in [5, 5.41) is 13.3. The summed E-state index contributed by atoms with van der Waals surface area (Å²) in [5.41, 5.74) is 1.86. The summed E-state index contributed by atoms with van der Waals surface area (Å²) < 4.78 is 5.53. The molecule has 0 saturated heterocycles. The fourth-order valence-electron chi connectivity index (χ4n) is 2.10. The second-order valence-electron chi connectivity index (χ2n) is 5.80. The zero-order valence-electron chi connectivity index (χ0n) is 15.8. The molecule has 0 amide bonds. The molecule has 1 aromatic carbocycles. The Kier molecular flexibility index (Phi) is 14.3. The van der Waals surface area contributed by atoms with Crippen molar-refractivity contribution in [2.24, 2.45) is 0 Å². The van der Waals surface area contributed by atoms with Crippen molar-refractivity contribution >= 4 is 21.9 Å². The van der Waals surface area contributed by atoms with E-state index in [0.29, 0.717) is 12.1 Å². The first-order valence-corrected chi connectivity index (χ1v) is 8.43. The fraction of sp³-hybridized carbons (Fsp3) is 0.556. The molecule has 6 heteroatoms. The predicted molar refractivity (Wildman–Crippen MR) is 97.5 cm³/mol. The molecule has 128 valence electrons. The molecule has 0 bridgehead atoms. The third-order valence-corrected chi connectivity index (χ3v) is 3.45. The van der Waals surface area contributed by atoms with Gasteiger partial charge < -0.3 is 10.1 Å². The van der Waals surface area contributed by atoms with Crippen molar-refractivity contribution in [1.82, 2.24) is 0 Å². The van der Waals surface area contributed by atoms with E-state index < -0.39 is 5.92 Å². The van der Waals surface area contributed by atoms with Crippen LogP contribution in [0.3, 0.4) is 0 Å². The molecule has 0 aromatic heterocycles. The van der Waals surface area contributed by atoms with E-state index >= 15 is 0 Å². The zero-order chi connectivity index (χ0) is 18.0. The summed E-state index contributed by atoms with van der Waals surface area (Å²) in [4.78, 5) is 11.2. The maximum absolute atomic E-state index is 11.2. The third kappa shape index (κ3) is 10.9. The number of benzene rings is 1. The van der Waals surface area contributed by atoms with Crippen molar-refractivity contribution in [1.29, 1.82) is 5.26 Å². The summed E-state index contributed by atoms with van der Waals surface area (Å²) in [5.74, 6) is -0.811. The first kappa shape index (κ1) is 25.5. The Bertz CT molecular complexity index is 536. The molecule has 0 saturated carbocycles. The van der Waals surface area contributed by atoms with Crippen LogP contribution in [0.15, 0.2) is 22.7 Å². The number of aryl methyl sites for hydroxylation is 1. The van der Waals surface area contributed by atoms with Gasteiger partial charge in [0.1, 0.15) is 0 Å². The molecule has 0 N–H and O–H groups in total. The Morgan fingerprint density at radius 2 is 1.83 bits per heavy atom. The number of esters is 1. The number of methoxy groups -OCH3 is 1. The molecule has 0 aliphatic heterocycles. The SMILES string of the molecule is CC(C)[N-]C(C)C.COC(=O)CC(C#N)c1ccc(Br)cc1C.[Li+]. The second kappa shape index (κ2) is 13.5. The van der Waals surface area contributed by atoms with Crippen molar-refractivity contribution in [3.8, 4) is 6.07 Å². The third-order valence-electron chi connectivity index (χ3n) is 2.96. The Hall–Kier alpha value is -0.783. The van der Waals surface area contributed by atoms with Crippen LogP contribution in [0.2, 0.25) is 0 Å². The van der Waals surface area contributed by atoms with Gasteiger partial charge in [0.2, 0.25) is 0 Å². The van der Waals surface area contributed by atoms with Gasteiger partial charge >= 0.3 is 24.8 Å². The van der Waals surface area contributed by atoms with Crippen LogP contribution in [0, 0.1) is 18.3 Å². The van der Waals surface area contributed by atoms with Gasteiger partial charge in [-0.2, -0.15) is 5.26 Å². The van der Waals surface area contributed by atoms with Crippen LogP contribution in [0.4, 0.5) is 0 Å². The van der Waals surface area contributed by atoms with Gasteiger partial charge in [0, 0.05) is 4.47 Å². The van der Waals surface area contributed by atoms with E-state index in [2.05, 4.69) is 59.7 Å². The predicted octanol–water partition coefficient (Wildman–Crippen LogP) is 2.11. The normalized spacial score (nSPS) is 11.0. The van der Waals surface area contributed by atoms with Crippen LogP contribution in [0.5, 0.6) is 0 Å². The van der Waals surface area contributed by atoms with E-state index in [9.17, 15) is 4.79 Å². The number of nitrogens with zero attached hydrogens (tertiary/aromatic N) is 2. The molecule has 0 heterocycles. The molecule has 1 atom stereocenters. The minimum atomic E-state index is -0.444. The number of hydrogen-bond acceptors (Lipinski definition) is 3. The first-order chi connectivity index (χ1) is 10.7. The van der Waals surface area contributed by atoms with Gasteiger partial charge in [-0.1, -0.05) is 49.7 Å². The number of carbonyl (C=O) groups is 1. The Balaban J connectivity index is 0. The summed E-state index contributed by atoms with van der Waals surface area (Å²) in [6.45, 7) is 10.3. The fourth-order valence-corrected chi connectivity index (χ4v) is 2.58. The smallest absolute Gasteiger partial charge is 0.658 e. The number of ether oxygens (including phenoxy) is 1. The summed E-state index contributed by atoms with van der Waals surface area (Å²) >= 11 is 3.36. The Morgan fingerprint density at radius 3 is 2.17 bits per heavy atom. The van der Waals surface area contributed by atoms with Crippen LogP contribution in [0.25, 0.3) is 5.32 Å². The topological polar surface area (TPSA) is 64.2 Å². The van der Waals surface area contributed by atoms with Gasteiger partial charge in [0.05, 0.1) is 25.5 Å². The van der Waals surface area contributed by atoms with Crippen LogP contribution >= 0.6 is 15.9 Å². The molecule has 0 radical (unpaired) electrons. The van der Waals surface area contributed by atoms with E-state index in [1.807, 2.05) is 25.1 Å². The number of carbonyl (C=O) groups excluding carboxylic acids is 1. The molecular formula is C18H26BrLiN2O2. The average molecular weight is 389 g/mol. The molecule has 1 unspecified atom stereocenters. The van der Waals surface area contributed by atoms with E-state index in [4.69, 9.17) is 5.26 Å². The minimum Gasteiger partial charge on any atom is -0.658 e. The maximum Gasteiger partial charge on any atom is 1.00 e. The first-order valence-electron chi connectivity index (χ1n) is 7.63. The van der Waals surface area contributed by atoms with Crippen LogP contribution in [-0.2, 0) is 9.53 Å². The molecule has 4 nitrogen and oxygen atoms in total. The maximum atomic E-state index is 11.2. The van der Waals surface area contributed by atoms with Crippen LogP contribution in [0.1, 0.15) is 51.2 Å². The number of rotatable bonds is 5. The monoisotopic (exact) mass is 388 g/mol. The van der Waals surface area contributed by atoms with Gasteiger partial charge in [-0.3, -0.25) is 4.79 Å². The van der Waals surface area contributed by atoms with Crippen molar-refractivity contribution in [3.63, 3.8) is 0 Å². The molecular weight excluding hydrogens is 363 g/mol. The molecule has 0 fully saturated rings. The molecule has 0 spiro atoms. The van der Waals surface area contributed by atoms with E-state index in [1.54, 1.807) is 0 Å². The Labute approximate surface area is 166 Å². The number of nitriles is 1. The molecule has 1 rings (SSSR count). The van der Waals surface area contributed by atoms with Gasteiger partial charge in [-0.25, -0.2) is 0 Å². The zero-order valence-corrected chi connectivity index (χ0v) is 17.3. The van der Waals surface area contributed by atoms with Crippen molar-refractivity contribution in [3.05, 3.63) is 39.1 Å². The number of hydrogen-bond donors (Lipinski definition) is 0. The number of halogens is 1. The minimum absolute atomic E-state index is 0. The van der Waals surface area contributed by atoms with Gasteiger partial charge in [-0.15, -0.1) is 12.1 Å². The summed E-state index contributed by atoms with van der Waals surface area (Å²) in [6.07, 6.45) is 0.0927. The van der Waals surface area contributed by atoms with Crippen LogP contribution < -0.4 is 18.9 Å². The van der Waals surface area contributed by atoms with E-state index in [0.717, 1.165) is 15.6 Å². The molecule has 0 aliphatic carbocycles. The summed E-state index contributed by atoms with van der Waals surface area (Å²) in [6, 6.07) is 8.78. The second-order valence-corrected chi connectivity index (χ2v) is 6.72. The molecule has 24 heavy (non-hydrogen) atoms. The average Bonchev–Trinajstić information content (AvgIpc) is 2.44. The Morgan fingerprint density at radius 1 is 1.29 bits per heavy atom. The van der Waals surface area contributed by atoms with Crippen molar-refractivity contribution in [2.75, 3.05) is 7.11 Å². The van der Waals surface area contributed by atoms with E-state index in [1.165, 1.54) is 7.11 Å². The molecule has 0 aliphatic rings.